The van der Waals surface area contributed by atoms with Crippen LogP contribution in [0.15, 0.2) is 17.1 Å². The molecule has 0 atom stereocenters. The van der Waals surface area contributed by atoms with Gasteiger partial charge >= 0.3 is 5.97 Å². The summed E-state index contributed by atoms with van der Waals surface area (Å²) in [5.41, 5.74) is 0.366. The van der Waals surface area contributed by atoms with Crippen molar-refractivity contribution in [3.05, 3.63) is 29.9 Å². The lowest BCUT2D eigenvalue weighted by atomic mass is 10.4. The van der Waals surface area contributed by atoms with Crippen LogP contribution < -0.4 is 0 Å². The first-order valence-corrected chi connectivity index (χ1v) is 4.58. The van der Waals surface area contributed by atoms with Crippen LogP contribution in [0.1, 0.15) is 22.1 Å². The maximum Gasteiger partial charge on any atom is 0.356 e. The number of nitrogens with zero attached hydrogens (tertiary/aromatic N) is 4. The smallest absolute Gasteiger partial charge is 0.356 e. The molecule has 0 spiro atoms. The summed E-state index contributed by atoms with van der Waals surface area (Å²) in [4.78, 5) is 19.4. The first kappa shape index (κ1) is 10.3. The third kappa shape index (κ3) is 1.79. The molecule has 2 rings (SSSR count). The Hall–Kier alpha value is -2.18. The van der Waals surface area contributed by atoms with Crippen molar-refractivity contribution in [2.45, 2.75) is 13.5 Å². The van der Waals surface area contributed by atoms with Gasteiger partial charge in [0.1, 0.15) is 11.5 Å². The number of hydrogen-bond acceptors (Lipinski definition) is 6. The van der Waals surface area contributed by atoms with E-state index in [0.717, 1.165) is 0 Å². The molecule has 7 heteroatoms. The minimum atomic E-state index is -0.441. The molecule has 0 saturated carbocycles. The normalized spacial score (nSPS) is 10.4. The summed E-state index contributed by atoms with van der Waals surface area (Å²) in [5, 5.41) is 3.67. The van der Waals surface area contributed by atoms with Gasteiger partial charge in [0.05, 0.1) is 19.9 Å². The Labute approximate surface area is 91.0 Å². The highest BCUT2D eigenvalue weighted by Gasteiger charge is 2.16. The highest BCUT2D eigenvalue weighted by atomic mass is 16.5. The van der Waals surface area contributed by atoms with Crippen LogP contribution in [0.5, 0.6) is 0 Å². The molecule has 0 unspecified atom stereocenters. The maximum atomic E-state index is 11.4. The molecule has 0 N–H and O–H groups in total. The van der Waals surface area contributed by atoms with E-state index in [1.54, 1.807) is 11.5 Å². The molecule has 0 saturated heterocycles. The van der Waals surface area contributed by atoms with Crippen molar-refractivity contribution in [1.82, 2.24) is 19.7 Å². The van der Waals surface area contributed by atoms with Gasteiger partial charge in [-0.25, -0.2) is 9.78 Å². The highest BCUT2D eigenvalue weighted by Crippen LogP contribution is 2.08. The van der Waals surface area contributed by atoms with E-state index in [-0.39, 0.29) is 0 Å². The number of rotatable bonds is 3. The molecule has 2 heterocycles. The largest absolute Gasteiger partial charge is 0.464 e. The van der Waals surface area contributed by atoms with E-state index < -0.39 is 5.97 Å². The predicted molar refractivity (Wildman–Crippen MR) is 51.7 cm³/mol. The van der Waals surface area contributed by atoms with Crippen LogP contribution in [-0.2, 0) is 11.3 Å². The van der Waals surface area contributed by atoms with E-state index in [1.807, 2.05) is 0 Å². The summed E-state index contributed by atoms with van der Waals surface area (Å²) in [7, 11) is 1.32. The summed E-state index contributed by atoms with van der Waals surface area (Å²) in [6.07, 6.45) is 2.70. The Bertz CT molecular complexity index is 489. The number of aryl methyl sites for hydroxylation is 1. The lowest BCUT2D eigenvalue weighted by molar-refractivity contribution is 0.0588. The molecule has 2 aromatic heterocycles. The van der Waals surface area contributed by atoms with Crippen molar-refractivity contribution in [3.8, 4) is 0 Å². The molecule has 0 fully saturated rings. The summed E-state index contributed by atoms with van der Waals surface area (Å²) in [6.45, 7) is 2.11. The molecule has 2 aromatic rings. The van der Waals surface area contributed by atoms with E-state index in [9.17, 15) is 4.79 Å². The average Bonchev–Trinajstić information content (AvgIpc) is 2.90. The summed E-state index contributed by atoms with van der Waals surface area (Å²) in [6, 6.07) is 0. The van der Waals surface area contributed by atoms with Gasteiger partial charge in [-0.3, -0.25) is 0 Å². The first-order chi connectivity index (χ1) is 7.72. The Balaban J connectivity index is 2.32. The monoisotopic (exact) mass is 222 g/mol. The number of esters is 1. The SMILES string of the molecule is COC(=O)c1cnc(C)n1Cc1ncon1. The van der Waals surface area contributed by atoms with Crippen molar-refractivity contribution >= 4 is 5.97 Å². The predicted octanol–water partition coefficient (Wildman–Crippen LogP) is 0.409. The third-order valence-electron chi connectivity index (χ3n) is 2.16. The second-order valence-electron chi connectivity index (χ2n) is 3.12. The van der Waals surface area contributed by atoms with Crippen LogP contribution in [0.25, 0.3) is 0 Å². The van der Waals surface area contributed by atoms with E-state index in [0.29, 0.717) is 23.9 Å². The zero-order valence-corrected chi connectivity index (χ0v) is 8.88. The fraction of sp³-hybridized carbons (Fsp3) is 0.333. The van der Waals surface area contributed by atoms with Crippen LogP contribution in [0, 0.1) is 6.92 Å². The van der Waals surface area contributed by atoms with Gasteiger partial charge in [0.25, 0.3) is 0 Å². The number of aromatic nitrogens is 4. The average molecular weight is 222 g/mol. The van der Waals surface area contributed by atoms with Gasteiger partial charge in [-0.1, -0.05) is 5.16 Å². The summed E-state index contributed by atoms with van der Waals surface area (Å²) < 4.78 is 10.9. The Morgan fingerprint density at radius 3 is 3.00 bits per heavy atom. The van der Waals surface area contributed by atoms with Crippen molar-refractivity contribution < 1.29 is 14.1 Å². The molecule has 0 aliphatic heterocycles. The first-order valence-electron chi connectivity index (χ1n) is 4.58. The van der Waals surface area contributed by atoms with Crippen LogP contribution >= 0.6 is 0 Å². The molecular formula is C9H10N4O3. The van der Waals surface area contributed by atoms with Gasteiger partial charge in [-0.15, -0.1) is 0 Å². The summed E-state index contributed by atoms with van der Waals surface area (Å²) in [5.74, 6) is 0.723. The fourth-order valence-electron chi connectivity index (χ4n) is 1.34. The van der Waals surface area contributed by atoms with Crippen molar-refractivity contribution in [2.24, 2.45) is 0 Å². The molecule has 0 aliphatic rings. The number of methoxy groups -OCH3 is 1. The van der Waals surface area contributed by atoms with Gasteiger partial charge in [0.2, 0.25) is 6.39 Å². The van der Waals surface area contributed by atoms with Gasteiger partial charge in [0, 0.05) is 0 Å². The lowest BCUT2D eigenvalue weighted by Crippen LogP contribution is -2.13. The van der Waals surface area contributed by atoms with Crippen molar-refractivity contribution in [2.75, 3.05) is 7.11 Å². The Morgan fingerprint density at radius 2 is 2.38 bits per heavy atom. The quantitative estimate of drug-likeness (QED) is 0.699. The van der Waals surface area contributed by atoms with Crippen LogP contribution in [-0.4, -0.2) is 32.8 Å². The highest BCUT2D eigenvalue weighted by molar-refractivity contribution is 5.87. The lowest BCUT2D eigenvalue weighted by Gasteiger charge is -2.05. The Morgan fingerprint density at radius 1 is 1.56 bits per heavy atom. The second kappa shape index (κ2) is 4.13. The topological polar surface area (TPSA) is 83.0 Å². The zero-order chi connectivity index (χ0) is 11.5. The number of carbonyl (C=O) groups excluding carboxylic acids is 1. The van der Waals surface area contributed by atoms with Crippen molar-refractivity contribution in [3.63, 3.8) is 0 Å². The molecular weight excluding hydrogens is 212 g/mol. The Kier molecular flexibility index (Phi) is 2.67. The minimum Gasteiger partial charge on any atom is -0.464 e. The molecule has 7 nitrogen and oxygen atoms in total. The minimum absolute atomic E-state index is 0.326. The number of hydrogen-bond donors (Lipinski definition) is 0. The van der Waals surface area contributed by atoms with Gasteiger partial charge in [0.15, 0.2) is 5.82 Å². The van der Waals surface area contributed by atoms with E-state index in [1.165, 1.54) is 19.7 Å². The molecule has 0 aliphatic carbocycles. The number of ether oxygens (including phenoxy) is 1. The molecule has 84 valence electrons. The van der Waals surface area contributed by atoms with E-state index >= 15 is 0 Å². The van der Waals surface area contributed by atoms with Crippen molar-refractivity contribution in [1.29, 1.82) is 0 Å². The number of carbonyl (C=O) groups is 1. The number of imidazole rings is 1. The fourth-order valence-corrected chi connectivity index (χ4v) is 1.34. The van der Waals surface area contributed by atoms with Gasteiger partial charge < -0.3 is 13.8 Å². The van der Waals surface area contributed by atoms with Crippen LogP contribution in [0.3, 0.4) is 0 Å². The van der Waals surface area contributed by atoms with Gasteiger partial charge in [-0.05, 0) is 6.92 Å². The third-order valence-corrected chi connectivity index (χ3v) is 2.16. The van der Waals surface area contributed by atoms with Gasteiger partial charge in [-0.2, -0.15) is 4.98 Å². The molecule has 0 aromatic carbocycles. The zero-order valence-electron chi connectivity index (χ0n) is 8.88. The van der Waals surface area contributed by atoms with Crippen LogP contribution in [0.4, 0.5) is 0 Å². The molecule has 0 bridgehead atoms. The molecule has 0 radical (unpaired) electrons. The molecule has 16 heavy (non-hydrogen) atoms. The van der Waals surface area contributed by atoms with E-state index in [4.69, 9.17) is 0 Å². The van der Waals surface area contributed by atoms with E-state index in [2.05, 4.69) is 24.4 Å². The maximum absolute atomic E-state index is 11.4. The second-order valence-corrected chi connectivity index (χ2v) is 3.12. The van der Waals surface area contributed by atoms with Crippen LogP contribution in [0.2, 0.25) is 0 Å². The standard InChI is InChI=1S/C9H10N4O3/c1-6-10-3-7(9(14)15-2)13(6)4-8-11-5-16-12-8/h3,5H,4H2,1-2H3. The molecule has 0 amide bonds. The summed E-state index contributed by atoms with van der Waals surface area (Å²) >= 11 is 0.